The number of carbonyl (C=O) groups excluding carboxylic acids is 1. The maximum absolute atomic E-state index is 12.4. The second kappa shape index (κ2) is 8.68. The van der Waals surface area contributed by atoms with Crippen molar-refractivity contribution < 1.29 is 18.8 Å². The van der Waals surface area contributed by atoms with Gasteiger partial charge in [-0.15, -0.1) is 0 Å². The third-order valence-electron chi connectivity index (χ3n) is 4.86. The second-order valence-electron chi connectivity index (χ2n) is 6.67. The molecular formula is C20H21N5O4. The van der Waals surface area contributed by atoms with Gasteiger partial charge < -0.3 is 18.9 Å². The molecule has 1 aromatic carbocycles. The van der Waals surface area contributed by atoms with Gasteiger partial charge in [0.2, 0.25) is 0 Å². The number of hydrogen-bond donors (Lipinski definition) is 0. The first-order valence-corrected chi connectivity index (χ1v) is 9.37. The van der Waals surface area contributed by atoms with Gasteiger partial charge in [-0.05, 0) is 37.1 Å². The van der Waals surface area contributed by atoms with Crippen LogP contribution in [0.3, 0.4) is 0 Å². The summed E-state index contributed by atoms with van der Waals surface area (Å²) < 4.78 is 16.0. The van der Waals surface area contributed by atoms with Gasteiger partial charge in [-0.1, -0.05) is 5.16 Å². The Labute approximate surface area is 167 Å². The van der Waals surface area contributed by atoms with Crippen LogP contribution in [0, 0.1) is 0 Å². The van der Waals surface area contributed by atoms with Gasteiger partial charge in [-0.2, -0.15) is 4.98 Å². The molecule has 150 valence electrons. The van der Waals surface area contributed by atoms with E-state index in [4.69, 9.17) is 14.0 Å². The summed E-state index contributed by atoms with van der Waals surface area (Å²) in [6.45, 7) is 1.27. The molecule has 9 heteroatoms. The molecule has 1 saturated heterocycles. The topological polar surface area (TPSA) is 103 Å². The highest BCUT2D eigenvalue weighted by molar-refractivity contribution is 5.77. The number of benzene rings is 1. The maximum atomic E-state index is 12.4. The number of hydrogen-bond acceptors (Lipinski definition) is 8. The average molecular weight is 395 g/mol. The van der Waals surface area contributed by atoms with Crippen molar-refractivity contribution in [3.05, 3.63) is 48.7 Å². The number of methoxy groups -OCH3 is 1. The first-order valence-electron chi connectivity index (χ1n) is 9.37. The molecular weight excluding hydrogens is 374 g/mol. The molecule has 0 aliphatic carbocycles. The van der Waals surface area contributed by atoms with E-state index in [0.717, 1.165) is 18.6 Å². The van der Waals surface area contributed by atoms with Gasteiger partial charge in [-0.25, -0.2) is 4.98 Å². The second-order valence-corrected chi connectivity index (χ2v) is 6.67. The van der Waals surface area contributed by atoms with Crippen LogP contribution in [-0.2, 0) is 4.79 Å². The van der Waals surface area contributed by atoms with Crippen LogP contribution < -0.4 is 9.47 Å². The Morgan fingerprint density at radius 1 is 1.17 bits per heavy atom. The first kappa shape index (κ1) is 18.9. The van der Waals surface area contributed by atoms with Crippen molar-refractivity contribution in [3.63, 3.8) is 0 Å². The monoisotopic (exact) mass is 395 g/mol. The van der Waals surface area contributed by atoms with Crippen molar-refractivity contribution in [3.8, 4) is 23.1 Å². The number of likely N-dealkylation sites (tertiary alicyclic amines) is 1. The molecule has 29 heavy (non-hydrogen) atoms. The first-order chi connectivity index (χ1) is 14.2. The molecule has 0 N–H and O–H groups in total. The van der Waals surface area contributed by atoms with Crippen molar-refractivity contribution in [2.75, 3.05) is 26.8 Å². The summed E-state index contributed by atoms with van der Waals surface area (Å²) in [7, 11) is 1.61. The molecule has 0 bridgehead atoms. The summed E-state index contributed by atoms with van der Waals surface area (Å²) in [5.74, 6) is 2.50. The molecule has 0 atom stereocenters. The fraction of sp³-hybridized carbons (Fsp3) is 0.350. The molecule has 3 heterocycles. The Morgan fingerprint density at radius 2 is 1.93 bits per heavy atom. The summed E-state index contributed by atoms with van der Waals surface area (Å²) in [6.07, 6.45) is 6.30. The Bertz CT molecular complexity index is 937. The summed E-state index contributed by atoms with van der Waals surface area (Å²) in [4.78, 5) is 26.9. The number of piperidine rings is 1. The van der Waals surface area contributed by atoms with Crippen molar-refractivity contribution in [2.45, 2.75) is 18.8 Å². The smallest absolute Gasteiger partial charge is 0.278 e. The lowest BCUT2D eigenvalue weighted by molar-refractivity contribution is -0.134. The predicted molar refractivity (Wildman–Crippen MR) is 102 cm³/mol. The van der Waals surface area contributed by atoms with Crippen LogP contribution in [0.2, 0.25) is 0 Å². The molecule has 0 radical (unpaired) electrons. The van der Waals surface area contributed by atoms with Crippen molar-refractivity contribution in [1.29, 1.82) is 0 Å². The minimum atomic E-state index is -0.0346. The molecule has 1 amide bonds. The summed E-state index contributed by atoms with van der Waals surface area (Å²) >= 11 is 0. The standard InChI is InChI=1S/C20H21N5O4/c1-27-15-2-4-16(5-3-15)28-13-18(26)25-10-6-14(7-11-25)19-23-20(29-24-19)17-12-21-8-9-22-17/h2-5,8-9,12,14H,6-7,10-11,13H2,1H3. The van der Waals surface area contributed by atoms with E-state index in [-0.39, 0.29) is 18.4 Å². The lowest BCUT2D eigenvalue weighted by Gasteiger charge is -2.30. The van der Waals surface area contributed by atoms with Gasteiger partial charge >= 0.3 is 0 Å². The van der Waals surface area contributed by atoms with Gasteiger partial charge in [0.1, 0.15) is 17.2 Å². The minimum absolute atomic E-state index is 0.00995. The Kier molecular flexibility index (Phi) is 5.64. The summed E-state index contributed by atoms with van der Waals surface area (Å²) in [5.41, 5.74) is 0.551. The van der Waals surface area contributed by atoms with Crippen LogP contribution in [0.4, 0.5) is 0 Å². The summed E-state index contributed by atoms with van der Waals surface area (Å²) in [6, 6.07) is 7.16. The summed E-state index contributed by atoms with van der Waals surface area (Å²) in [5, 5.41) is 4.08. The Balaban J connectivity index is 1.27. The zero-order valence-corrected chi connectivity index (χ0v) is 16.0. The highest BCUT2D eigenvalue weighted by Crippen LogP contribution is 2.27. The van der Waals surface area contributed by atoms with Crippen molar-refractivity contribution >= 4 is 5.91 Å². The maximum Gasteiger partial charge on any atom is 0.278 e. The van der Waals surface area contributed by atoms with Gasteiger partial charge in [0.15, 0.2) is 12.4 Å². The third-order valence-corrected chi connectivity index (χ3v) is 4.86. The van der Waals surface area contributed by atoms with Crippen molar-refractivity contribution in [1.82, 2.24) is 25.0 Å². The molecule has 1 aliphatic heterocycles. The largest absolute Gasteiger partial charge is 0.497 e. The zero-order chi connectivity index (χ0) is 20.1. The van der Waals surface area contributed by atoms with Crippen molar-refractivity contribution in [2.24, 2.45) is 0 Å². The average Bonchev–Trinajstić information content (AvgIpc) is 3.29. The number of amides is 1. The number of ether oxygens (including phenoxy) is 2. The molecule has 2 aromatic heterocycles. The molecule has 1 aliphatic rings. The van der Waals surface area contributed by atoms with E-state index in [1.165, 1.54) is 0 Å². The van der Waals surface area contributed by atoms with Crippen LogP contribution in [0.5, 0.6) is 11.5 Å². The van der Waals surface area contributed by atoms with Crippen LogP contribution in [-0.4, -0.2) is 57.7 Å². The number of carbonyl (C=O) groups is 1. The quantitative estimate of drug-likeness (QED) is 0.626. The van der Waals surface area contributed by atoms with E-state index in [1.54, 1.807) is 50.0 Å². The van der Waals surface area contributed by atoms with E-state index in [9.17, 15) is 4.79 Å². The van der Waals surface area contributed by atoms with Gasteiger partial charge in [0.05, 0.1) is 13.3 Å². The highest BCUT2D eigenvalue weighted by atomic mass is 16.5. The highest BCUT2D eigenvalue weighted by Gasteiger charge is 2.27. The van der Waals surface area contributed by atoms with Gasteiger partial charge in [0.25, 0.3) is 11.8 Å². The molecule has 0 saturated carbocycles. The number of rotatable bonds is 6. The van der Waals surface area contributed by atoms with E-state index in [1.807, 2.05) is 4.90 Å². The molecule has 0 spiro atoms. The molecule has 3 aromatic rings. The van der Waals surface area contributed by atoms with Crippen LogP contribution in [0.25, 0.3) is 11.6 Å². The van der Waals surface area contributed by atoms with E-state index in [2.05, 4.69) is 20.1 Å². The van der Waals surface area contributed by atoms with E-state index < -0.39 is 0 Å². The number of aromatic nitrogens is 4. The van der Waals surface area contributed by atoms with E-state index >= 15 is 0 Å². The van der Waals surface area contributed by atoms with Gasteiger partial charge in [-0.3, -0.25) is 9.78 Å². The predicted octanol–water partition coefficient (Wildman–Crippen LogP) is 2.32. The Hall–Kier alpha value is -3.49. The SMILES string of the molecule is COc1ccc(OCC(=O)N2CCC(c3noc(-c4cnccn4)n3)CC2)cc1. The molecule has 4 rings (SSSR count). The van der Waals surface area contributed by atoms with Crippen LogP contribution in [0.1, 0.15) is 24.6 Å². The van der Waals surface area contributed by atoms with Crippen LogP contribution >= 0.6 is 0 Å². The fourth-order valence-electron chi connectivity index (χ4n) is 3.21. The van der Waals surface area contributed by atoms with E-state index in [0.29, 0.717) is 36.2 Å². The third kappa shape index (κ3) is 4.50. The lowest BCUT2D eigenvalue weighted by atomic mass is 9.96. The molecule has 1 fully saturated rings. The van der Waals surface area contributed by atoms with Crippen LogP contribution in [0.15, 0.2) is 47.4 Å². The zero-order valence-electron chi connectivity index (χ0n) is 16.0. The Morgan fingerprint density at radius 3 is 2.62 bits per heavy atom. The normalized spacial score (nSPS) is 14.6. The minimum Gasteiger partial charge on any atom is -0.497 e. The lowest BCUT2D eigenvalue weighted by Crippen LogP contribution is -2.40. The fourth-order valence-corrected chi connectivity index (χ4v) is 3.21. The molecule has 9 nitrogen and oxygen atoms in total. The number of nitrogens with zero attached hydrogens (tertiary/aromatic N) is 5. The molecule has 0 unspecified atom stereocenters. The van der Waals surface area contributed by atoms with Gasteiger partial charge in [0, 0.05) is 31.4 Å².